The molecule has 0 aliphatic rings. The fourth-order valence-electron chi connectivity index (χ4n) is 2.21. The van der Waals surface area contributed by atoms with Gasteiger partial charge in [0.15, 0.2) is 0 Å². The van der Waals surface area contributed by atoms with Gasteiger partial charge in [0.25, 0.3) is 0 Å². The first kappa shape index (κ1) is 18.2. The summed E-state index contributed by atoms with van der Waals surface area (Å²) in [7, 11) is 0.0456. The Morgan fingerprint density at radius 3 is 2.38 bits per heavy atom. The van der Waals surface area contributed by atoms with Crippen molar-refractivity contribution in [2.24, 2.45) is 0 Å². The Hall–Kier alpha value is -2.16. The molecular weight excluding hydrogens is 330 g/mol. The van der Waals surface area contributed by atoms with Gasteiger partial charge >= 0.3 is 0 Å². The van der Waals surface area contributed by atoms with Crippen molar-refractivity contribution in [2.75, 3.05) is 26.0 Å². The summed E-state index contributed by atoms with van der Waals surface area (Å²) in [5, 5.41) is 2.59. The first-order valence-electron chi connectivity index (χ1n) is 7.37. The molecule has 1 atom stereocenters. The molecule has 0 aliphatic carbocycles. The van der Waals surface area contributed by atoms with Crippen molar-refractivity contribution in [3.63, 3.8) is 0 Å². The molecule has 0 saturated carbocycles. The summed E-state index contributed by atoms with van der Waals surface area (Å²) < 4.78 is 32.8. The van der Waals surface area contributed by atoms with Gasteiger partial charge < -0.3 is 9.73 Å². The Labute approximate surface area is 141 Å². The molecule has 1 aromatic carbocycles. The van der Waals surface area contributed by atoms with E-state index in [1.54, 1.807) is 30.5 Å². The summed E-state index contributed by atoms with van der Waals surface area (Å²) in [6.45, 7) is 1.57. The predicted octanol–water partition coefficient (Wildman–Crippen LogP) is 1.82. The van der Waals surface area contributed by atoms with Gasteiger partial charge in [0.1, 0.15) is 5.76 Å². The van der Waals surface area contributed by atoms with Crippen LogP contribution in [-0.4, -0.2) is 39.9 Å². The smallest absolute Gasteiger partial charge is 0.240 e. The first-order chi connectivity index (χ1) is 11.3. The molecule has 0 unspecified atom stereocenters. The van der Waals surface area contributed by atoms with E-state index in [2.05, 4.69) is 10.0 Å². The summed E-state index contributed by atoms with van der Waals surface area (Å²) in [6, 6.07) is 9.35. The molecule has 2 aromatic rings. The highest BCUT2D eigenvalue weighted by Gasteiger charge is 2.21. The molecule has 0 fully saturated rings. The monoisotopic (exact) mass is 351 g/mol. The largest absolute Gasteiger partial charge is 0.468 e. The van der Waals surface area contributed by atoms with Crippen LogP contribution in [0.5, 0.6) is 0 Å². The number of likely N-dealkylation sites (N-methyl/N-ethyl adjacent to an activating group) is 1. The number of benzene rings is 1. The molecule has 0 aliphatic heterocycles. The SMILES string of the molecule is CC(=O)Nc1ccc(S(=O)(=O)NC[C@@H](c2ccco2)N(C)C)cc1. The molecule has 24 heavy (non-hydrogen) atoms. The lowest BCUT2D eigenvalue weighted by molar-refractivity contribution is -0.114. The first-order valence-corrected chi connectivity index (χ1v) is 8.85. The van der Waals surface area contributed by atoms with Crippen molar-refractivity contribution in [1.82, 2.24) is 9.62 Å². The molecule has 1 aromatic heterocycles. The van der Waals surface area contributed by atoms with Crippen molar-refractivity contribution in [2.45, 2.75) is 17.9 Å². The van der Waals surface area contributed by atoms with E-state index in [0.717, 1.165) is 0 Å². The second kappa shape index (κ2) is 7.61. The number of rotatable bonds is 7. The average Bonchev–Trinajstić information content (AvgIpc) is 3.01. The minimum Gasteiger partial charge on any atom is -0.468 e. The zero-order valence-corrected chi connectivity index (χ0v) is 14.6. The van der Waals surface area contributed by atoms with Gasteiger partial charge in [-0.15, -0.1) is 0 Å². The van der Waals surface area contributed by atoms with Crippen LogP contribution in [0.15, 0.2) is 52.0 Å². The maximum absolute atomic E-state index is 12.4. The molecule has 0 radical (unpaired) electrons. The van der Waals surface area contributed by atoms with Crippen LogP contribution >= 0.6 is 0 Å². The minimum absolute atomic E-state index is 0.133. The summed E-state index contributed by atoms with van der Waals surface area (Å²) in [5.41, 5.74) is 0.545. The van der Waals surface area contributed by atoms with Crippen molar-refractivity contribution in [3.8, 4) is 0 Å². The van der Waals surface area contributed by atoms with Crippen molar-refractivity contribution >= 4 is 21.6 Å². The predicted molar refractivity (Wildman–Crippen MR) is 91.1 cm³/mol. The van der Waals surface area contributed by atoms with Gasteiger partial charge in [0.05, 0.1) is 17.2 Å². The van der Waals surface area contributed by atoms with Gasteiger partial charge in [-0.05, 0) is 50.5 Å². The van der Waals surface area contributed by atoms with Crippen LogP contribution in [0.25, 0.3) is 0 Å². The summed E-state index contributed by atoms with van der Waals surface area (Å²) in [5.74, 6) is 0.472. The number of nitrogens with one attached hydrogen (secondary N) is 2. The van der Waals surface area contributed by atoms with E-state index in [-0.39, 0.29) is 23.4 Å². The Kier molecular flexibility index (Phi) is 5.76. The second-order valence-electron chi connectivity index (χ2n) is 5.55. The Balaban J connectivity index is 2.08. The van der Waals surface area contributed by atoms with Crippen molar-refractivity contribution < 1.29 is 17.6 Å². The van der Waals surface area contributed by atoms with Crippen LogP contribution in [-0.2, 0) is 14.8 Å². The number of amides is 1. The van der Waals surface area contributed by atoms with E-state index in [4.69, 9.17) is 4.42 Å². The normalized spacial score (nSPS) is 13.0. The van der Waals surface area contributed by atoms with Crippen LogP contribution in [0.4, 0.5) is 5.69 Å². The molecule has 1 heterocycles. The summed E-state index contributed by atoms with van der Waals surface area (Å²) >= 11 is 0. The third-order valence-corrected chi connectivity index (χ3v) is 4.89. The molecule has 7 nitrogen and oxygen atoms in total. The lowest BCUT2D eigenvalue weighted by Gasteiger charge is -2.22. The molecule has 1 amide bonds. The topological polar surface area (TPSA) is 91.6 Å². The molecule has 8 heteroatoms. The number of hydrogen-bond donors (Lipinski definition) is 2. The van der Waals surface area contributed by atoms with Crippen LogP contribution in [0, 0.1) is 0 Å². The third kappa shape index (κ3) is 4.67. The molecular formula is C16H21N3O4S. The zero-order chi connectivity index (χ0) is 17.7. The number of hydrogen-bond acceptors (Lipinski definition) is 5. The van der Waals surface area contributed by atoms with E-state index >= 15 is 0 Å². The highest BCUT2D eigenvalue weighted by Crippen LogP contribution is 2.19. The van der Waals surface area contributed by atoms with E-state index < -0.39 is 10.0 Å². The van der Waals surface area contributed by atoms with Gasteiger partial charge in [-0.25, -0.2) is 13.1 Å². The van der Waals surface area contributed by atoms with E-state index in [9.17, 15) is 13.2 Å². The number of furan rings is 1. The third-order valence-electron chi connectivity index (χ3n) is 3.45. The molecule has 0 bridgehead atoms. The summed E-state index contributed by atoms with van der Waals surface area (Å²) in [6.07, 6.45) is 1.56. The number of nitrogens with zero attached hydrogens (tertiary/aromatic N) is 1. The Morgan fingerprint density at radius 1 is 1.21 bits per heavy atom. The van der Waals surface area contributed by atoms with Crippen LogP contribution < -0.4 is 10.0 Å². The maximum atomic E-state index is 12.4. The highest BCUT2D eigenvalue weighted by atomic mass is 32.2. The Morgan fingerprint density at radius 2 is 1.88 bits per heavy atom. The van der Waals surface area contributed by atoms with E-state index in [0.29, 0.717) is 11.4 Å². The van der Waals surface area contributed by atoms with Gasteiger partial charge in [0, 0.05) is 19.2 Å². The Bertz CT molecular complexity index is 768. The molecule has 0 spiro atoms. The van der Waals surface area contributed by atoms with Gasteiger partial charge in [-0.2, -0.15) is 0 Å². The van der Waals surface area contributed by atoms with E-state index in [1.807, 2.05) is 19.0 Å². The lowest BCUT2D eigenvalue weighted by atomic mass is 10.2. The van der Waals surface area contributed by atoms with Crippen molar-refractivity contribution in [3.05, 3.63) is 48.4 Å². The van der Waals surface area contributed by atoms with Crippen LogP contribution in [0.1, 0.15) is 18.7 Å². The fourth-order valence-corrected chi connectivity index (χ4v) is 3.25. The quantitative estimate of drug-likeness (QED) is 0.794. The maximum Gasteiger partial charge on any atom is 0.240 e. The zero-order valence-electron chi connectivity index (χ0n) is 13.8. The highest BCUT2D eigenvalue weighted by molar-refractivity contribution is 7.89. The minimum atomic E-state index is -3.66. The standard InChI is InChI=1S/C16H21N3O4S/c1-12(20)18-13-6-8-14(9-7-13)24(21,22)17-11-15(19(2)3)16-5-4-10-23-16/h4-10,15,17H,11H2,1-3H3,(H,18,20)/t15-/m0/s1. The molecule has 2 rings (SSSR count). The number of anilines is 1. The van der Waals surface area contributed by atoms with E-state index in [1.165, 1.54) is 19.1 Å². The molecule has 0 saturated heterocycles. The van der Waals surface area contributed by atoms with Gasteiger partial charge in [-0.3, -0.25) is 9.69 Å². The molecule has 2 N–H and O–H groups in total. The second-order valence-corrected chi connectivity index (χ2v) is 7.32. The van der Waals surface area contributed by atoms with Crippen LogP contribution in [0.3, 0.4) is 0 Å². The summed E-state index contributed by atoms with van der Waals surface area (Å²) in [4.78, 5) is 13.0. The molecule has 130 valence electrons. The van der Waals surface area contributed by atoms with Gasteiger partial charge in [0.2, 0.25) is 15.9 Å². The van der Waals surface area contributed by atoms with Gasteiger partial charge in [-0.1, -0.05) is 0 Å². The number of sulfonamides is 1. The number of carbonyl (C=O) groups is 1. The lowest BCUT2D eigenvalue weighted by Crippen LogP contribution is -2.34. The number of carbonyl (C=O) groups excluding carboxylic acids is 1. The average molecular weight is 351 g/mol. The fraction of sp³-hybridized carbons (Fsp3) is 0.312. The van der Waals surface area contributed by atoms with Crippen molar-refractivity contribution in [1.29, 1.82) is 0 Å². The van der Waals surface area contributed by atoms with Crippen LogP contribution in [0.2, 0.25) is 0 Å².